The molecule has 1 fully saturated rings. The highest BCUT2D eigenvalue weighted by Gasteiger charge is 2.22. The third-order valence-corrected chi connectivity index (χ3v) is 4.58. The summed E-state index contributed by atoms with van der Waals surface area (Å²) in [5.74, 6) is 0.822. The van der Waals surface area contributed by atoms with E-state index in [4.69, 9.17) is 23.2 Å². The molecule has 25 heavy (non-hydrogen) atoms. The molecule has 1 atom stereocenters. The molecule has 0 radical (unpaired) electrons. The van der Waals surface area contributed by atoms with Crippen LogP contribution >= 0.6 is 47.2 Å². The molecule has 0 heterocycles. The Hall–Kier alpha value is -0.730. The number of benzene rings is 1. The molecular weight excluding hydrogens is 474 g/mol. The van der Waals surface area contributed by atoms with E-state index in [9.17, 15) is 4.79 Å². The summed E-state index contributed by atoms with van der Waals surface area (Å²) in [6.07, 6.45) is 3.53. The lowest BCUT2D eigenvalue weighted by molar-refractivity contribution is -0.121. The van der Waals surface area contributed by atoms with E-state index in [0.717, 1.165) is 24.8 Å². The Morgan fingerprint density at radius 3 is 2.64 bits per heavy atom. The molecule has 1 aromatic carbocycles. The number of hydrogen-bond acceptors (Lipinski definition) is 2. The van der Waals surface area contributed by atoms with Gasteiger partial charge < -0.3 is 16.0 Å². The smallest absolute Gasteiger partial charge is 0.220 e. The van der Waals surface area contributed by atoms with Gasteiger partial charge in [-0.15, -0.1) is 24.0 Å². The van der Waals surface area contributed by atoms with E-state index in [1.165, 1.54) is 0 Å². The maximum atomic E-state index is 11.6. The molecule has 0 bridgehead atoms. The number of rotatable bonds is 7. The maximum Gasteiger partial charge on any atom is 0.220 e. The van der Waals surface area contributed by atoms with Crippen molar-refractivity contribution in [1.82, 2.24) is 16.0 Å². The summed E-state index contributed by atoms with van der Waals surface area (Å²) in [4.78, 5) is 15.8. The molecule has 0 spiro atoms. The van der Waals surface area contributed by atoms with Crippen molar-refractivity contribution in [3.63, 3.8) is 0 Å². The van der Waals surface area contributed by atoms with Gasteiger partial charge in [0.1, 0.15) is 0 Å². The Labute approximate surface area is 176 Å². The fourth-order valence-corrected chi connectivity index (χ4v) is 2.55. The highest BCUT2D eigenvalue weighted by molar-refractivity contribution is 14.0. The molecule has 2 rings (SSSR count). The number of halogens is 3. The van der Waals surface area contributed by atoms with Gasteiger partial charge in [0, 0.05) is 26.1 Å². The Morgan fingerprint density at radius 2 is 2.04 bits per heavy atom. The van der Waals surface area contributed by atoms with Crippen LogP contribution in [-0.2, 0) is 4.79 Å². The normalized spacial score (nSPS) is 15.1. The van der Waals surface area contributed by atoms with E-state index in [-0.39, 0.29) is 35.9 Å². The molecule has 0 aromatic heterocycles. The van der Waals surface area contributed by atoms with Crippen molar-refractivity contribution in [2.24, 2.45) is 4.99 Å². The second kappa shape index (κ2) is 11.1. The first-order valence-corrected chi connectivity index (χ1v) is 8.96. The third-order valence-electron chi connectivity index (χ3n) is 3.84. The first-order valence-electron chi connectivity index (χ1n) is 8.21. The highest BCUT2D eigenvalue weighted by atomic mass is 127. The summed E-state index contributed by atoms with van der Waals surface area (Å²) < 4.78 is 0. The monoisotopic (exact) mass is 498 g/mol. The first kappa shape index (κ1) is 22.3. The van der Waals surface area contributed by atoms with Crippen molar-refractivity contribution in [1.29, 1.82) is 0 Å². The van der Waals surface area contributed by atoms with Gasteiger partial charge in [-0.25, -0.2) is 0 Å². The van der Waals surface area contributed by atoms with Gasteiger partial charge in [0.05, 0.1) is 16.1 Å². The van der Waals surface area contributed by atoms with Crippen LogP contribution in [0.3, 0.4) is 0 Å². The van der Waals surface area contributed by atoms with Crippen LogP contribution in [0.1, 0.15) is 44.2 Å². The van der Waals surface area contributed by atoms with Crippen LogP contribution in [0.2, 0.25) is 10.0 Å². The van der Waals surface area contributed by atoms with Gasteiger partial charge in [0.2, 0.25) is 5.91 Å². The minimum absolute atomic E-state index is 0. The van der Waals surface area contributed by atoms with Crippen LogP contribution in [0, 0.1) is 0 Å². The number of amides is 1. The number of guanidine groups is 1. The Balaban J connectivity index is 0.00000312. The fourth-order valence-electron chi connectivity index (χ4n) is 2.25. The van der Waals surface area contributed by atoms with Gasteiger partial charge in [-0.05, 0) is 43.9 Å². The van der Waals surface area contributed by atoms with Crippen LogP contribution in [-0.4, -0.2) is 31.5 Å². The molecule has 1 aliphatic carbocycles. The molecule has 140 valence electrons. The highest BCUT2D eigenvalue weighted by Crippen LogP contribution is 2.25. The van der Waals surface area contributed by atoms with Crippen molar-refractivity contribution >= 4 is 59.0 Å². The Bertz CT molecular complexity index is 608. The predicted molar refractivity (Wildman–Crippen MR) is 115 cm³/mol. The molecular formula is C17H25Cl2IN4O. The topological polar surface area (TPSA) is 65.5 Å². The number of aliphatic imine (C=N–C) groups is 1. The molecule has 0 aliphatic heterocycles. The lowest BCUT2D eigenvalue weighted by atomic mass is 10.1. The Morgan fingerprint density at radius 1 is 1.32 bits per heavy atom. The molecule has 1 unspecified atom stereocenters. The summed E-state index contributed by atoms with van der Waals surface area (Å²) >= 11 is 12.0. The largest absolute Gasteiger partial charge is 0.356 e. The van der Waals surface area contributed by atoms with Gasteiger partial charge in [-0.3, -0.25) is 9.79 Å². The van der Waals surface area contributed by atoms with E-state index < -0.39 is 0 Å². The van der Waals surface area contributed by atoms with E-state index in [0.29, 0.717) is 35.0 Å². The molecule has 1 amide bonds. The molecule has 1 aromatic rings. The van der Waals surface area contributed by atoms with E-state index in [2.05, 4.69) is 20.9 Å². The second-order valence-electron chi connectivity index (χ2n) is 5.98. The van der Waals surface area contributed by atoms with Crippen LogP contribution in [0.5, 0.6) is 0 Å². The van der Waals surface area contributed by atoms with Crippen molar-refractivity contribution < 1.29 is 4.79 Å². The minimum atomic E-state index is 0. The molecule has 5 nitrogen and oxygen atoms in total. The fraction of sp³-hybridized carbons (Fsp3) is 0.529. The van der Waals surface area contributed by atoms with E-state index >= 15 is 0 Å². The van der Waals surface area contributed by atoms with Crippen LogP contribution in [0.4, 0.5) is 0 Å². The van der Waals surface area contributed by atoms with Crippen molar-refractivity contribution in [3.8, 4) is 0 Å². The quantitative estimate of drug-likeness (QED) is 0.231. The number of carbonyl (C=O) groups is 1. The third kappa shape index (κ3) is 8.00. The number of hydrogen-bond donors (Lipinski definition) is 3. The molecule has 3 N–H and O–H groups in total. The average molecular weight is 499 g/mol. The standard InChI is InChI=1S/C17H24Cl2N4O.HI/c1-11(12-5-8-14(18)15(19)10-12)22-17(20-2)21-9-3-4-16(24)23-13-6-7-13;/h5,8,10-11,13H,3-4,6-7,9H2,1-2H3,(H,23,24)(H2,20,21,22);1H. The number of carbonyl (C=O) groups excluding carboxylic acids is 1. The zero-order chi connectivity index (χ0) is 17.5. The zero-order valence-electron chi connectivity index (χ0n) is 14.4. The molecule has 0 saturated heterocycles. The SMILES string of the molecule is CN=C(NCCCC(=O)NC1CC1)NC(C)c1ccc(Cl)c(Cl)c1.I. The van der Waals surface area contributed by atoms with Gasteiger partial charge in [0.25, 0.3) is 0 Å². The number of nitrogens with one attached hydrogen (secondary N) is 3. The van der Waals surface area contributed by atoms with Gasteiger partial charge in [0.15, 0.2) is 5.96 Å². The lowest BCUT2D eigenvalue weighted by Crippen LogP contribution is -2.39. The van der Waals surface area contributed by atoms with E-state index in [1.54, 1.807) is 13.1 Å². The Kier molecular flexibility index (Phi) is 9.89. The van der Waals surface area contributed by atoms with Crippen molar-refractivity contribution in [2.75, 3.05) is 13.6 Å². The average Bonchev–Trinajstić information content (AvgIpc) is 3.36. The summed E-state index contributed by atoms with van der Waals surface area (Å²) in [6.45, 7) is 2.71. The predicted octanol–water partition coefficient (Wildman–Crippen LogP) is 3.90. The molecule has 1 aliphatic rings. The summed E-state index contributed by atoms with van der Waals surface area (Å²) in [5.41, 5.74) is 1.02. The van der Waals surface area contributed by atoms with Crippen LogP contribution in [0.15, 0.2) is 23.2 Å². The summed E-state index contributed by atoms with van der Waals surface area (Å²) in [5, 5.41) is 10.6. The molecule has 1 saturated carbocycles. The minimum Gasteiger partial charge on any atom is -0.356 e. The summed E-state index contributed by atoms with van der Waals surface area (Å²) in [6, 6.07) is 6.01. The van der Waals surface area contributed by atoms with Crippen LogP contribution < -0.4 is 16.0 Å². The van der Waals surface area contributed by atoms with E-state index in [1.807, 2.05) is 19.1 Å². The molecule has 8 heteroatoms. The van der Waals surface area contributed by atoms with Gasteiger partial charge in [-0.1, -0.05) is 29.3 Å². The number of nitrogens with zero attached hydrogens (tertiary/aromatic N) is 1. The maximum absolute atomic E-state index is 11.6. The second-order valence-corrected chi connectivity index (χ2v) is 6.80. The zero-order valence-corrected chi connectivity index (χ0v) is 18.3. The first-order chi connectivity index (χ1) is 11.5. The van der Waals surface area contributed by atoms with Crippen molar-refractivity contribution in [3.05, 3.63) is 33.8 Å². The van der Waals surface area contributed by atoms with Crippen LogP contribution in [0.25, 0.3) is 0 Å². The van der Waals surface area contributed by atoms with Gasteiger partial charge >= 0.3 is 0 Å². The van der Waals surface area contributed by atoms with Crippen molar-refractivity contribution in [2.45, 2.75) is 44.7 Å². The lowest BCUT2D eigenvalue weighted by Gasteiger charge is -2.18. The van der Waals surface area contributed by atoms with Gasteiger partial charge in [-0.2, -0.15) is 0 Å². The summed E-state index contributed by atoms with van der Waals surface area (Å²) in [7, 11) is 1.72.